The first-order chi connectivity index (χ1) is 9.67. The molecule has 0 bridgehead atoms. The third kappa shape index (κ3) is 2.95. The molecule has 1 aromatic carbocycles. The zero-order valence-electron chi connectivity index (χ0n) is 12.5. The molecule has 2 rings (SSSR count). The van der Waals surface area contributed by atoms with Gasteiger partial charge in [0.25, 0.3) is 0 Å². The fraction of sp³-hybridized carbons (Fsp3) is 0.438. The van der Waals surface area contributed by atoms with Gasteiger partial charge in [-0.2, -0.15) is 5.10 Å². The molecule has 108 valence electrons. The quantitative estimate of drug-likeness (QED) is 0.821. The predicted octanol–water partition coefficient (Wildman–Crippen LogP) is 3.41. The maximum atomic E-state index is 6.04. The fourth-order valence-electron chi connectivity index (χ4n) is 2.20. The van der Waals surface area contributed by atoms with Crippen LogP contribution in [-0.2, 0) is 13.5 Å². The van der Waals surface area contributed by atoms with Crippen molar-refractivity contribution in [2.75, 3.05) is 12.3 Å². The van der Waals surface area contributed by atoms with E-state index < -0.39 is 0 Å². The van der Waals surface area contributed by atoms with E-state index in [0.717, 1.165) is 54.3 Å². The van der Waals surface area contributed by atoms with Crippen molar-refractivity contribution in [2.45, 2.75) is 33.1 Å². The number of hydrogen-bond donors (Lipinski definition) is 1. The lowest BCUT2D eigenvalue weighted by molar-refractivity contribution is 0.309. The summed E-state index contributed by atoms with van der Waals surface area (Å²) in [6.07, 6.45) is 3.10. The van der Waals surface area contributed by atoms with Crippen LogP contribution in [0.4, 0.5) is 5.82 Å². The molecule has 0 unspecified atom stereocenters. The minimum Gasteiger partial charge on any atom is -0.494 e. The SMILES string of the molecule is CCCCOc1ccc(-c2nn(C)c(N)c2CC)cc1. The second kappa shape index (κ2) is 6.46. The smallest absolute Gasteiger partial charge is 0.125 e. The van der Waals surface area contributed by atoms with Crippen LogP contribution < -0.4 is 10.5 Å². The topological polar surface area (TPSA) is 53.1 Å². The second-order valence-corrected chi connectivity index (χ2v) is 4.92. The summed E-state index contributed by atoms with van der Waals surface area (Å²) in [6.45, 7) is 5.02. The third-order valence-corrected chi connectivity index (χ3v) is 3.44. The van der Waals surface area contributed by atoms with Crippen molar-refractivity contribution < 1.29 is 4.74 Å². The van der Waals surface area contributed by atoms with Crippen molar-refractivity contribution in [1.82, 2.24) is 9.78 Å². The molecule has 20 heavy (non-hydrogen) atoms. The van der Waals surface area contributed by atoms with Crippen LogP contribution in [-0.4, -0.2) is 16.4 Å². The maximum Gasteiger partial charge on any atom is 0.125 e. The Bertz CT molecular complexity index is 558. The average molecular weight is 273 g/mol. The summed E-state index contributed by atoms with van der Waals surface area (Å²) < 4.78 is 7.41. The number of anilines is 1. The van der Waals surface area contributed by atoms with Gasteiger partial charge in [0.2, 0.25) is 0 Å². The van der Waals surface area contributed by atoms with Crippen LogP contribution >= 0.6 is 0 Å². The number of nitrogens with zero attached hydrogens (tertiary/aromatic N) is 2. The lowest BCUT2D eigenvalue weighted by atomic mass is 10.1. The van der Waals surface area contributed by atoms with E-state index in [4.69, 9.17) is 10.5 Å². The van der Waals surface area contributed by atoms with Gasteiger partial charge in [0.1, 0.15) is 11.6 Å². The van der Waals surface area contributed by atoms with Gasteiger partial charge in [0.15, 0.2) is 0 Å². The molecule has 4 nitrogen and oxygen atoms in total. The molecular weight excluding hydrogens is 250 g/mol. The van der Waals surface area contributed by atoms with E-state index >= 15 is 0 Å². The van der Waals surface area contributed by atoms with Gasteiger partial charge in [-0.15, -0.1) is 0 Å². The highest BCUT2D eigenvalue weighted by atomic mass is 16.5. The lowest BCUT2D eigenvalue weighted by Crippen LogP contribution is -1.98. The van der Waals surface area contributed by atoms with E-state index in [0.29, 0.717) is 0 Å². The summed E-state index contributed by atoms with van der Waals surface area (Å²) in [6, 6.07) is 8.08. The monoisotopic (exact) mass is 273 g/mol. The number of aryl methyl sites for hydroxylation is 1. The fourth-order valence-corrected chi connectivity index (χ4v) is 2.20. The van der Waals surface area contributed by atoms with E-state index in [-0.39, 0.29) is 0 Å². The molecule has 2 N–H and O–H groups in total. The number of hydrogen-bond acceptors (Lipinski definition) is 3. The summed E-state index contributed by atoms with van der Waals surface area (Å²) in [5, 5.41) is 4.51. The van der Waals surface area contributed by atoms with Crippen LogP contribution in [0.25, 0.3) is 11.3 Å². The third-order valence-electron chi connectivity index (χ3n) is 3.44. The molecule has 0 aliphatic rings. The van der Waals surface area contributed by atoms with E-state index in [9.17, 15) is 0 Å². The van der Waals surface area contributed by atoms with Gasteiger partial charge >= 0.3 is 0 Å². The zero-order chi connectivity index (χ0) is 14.5. The molecule has 0 spiro atoms. The summed E-state index contributed by atoms with van der Waals surface area (Å²) in [5.74, 6) is 1.65. The highest BCUT2D eigenvalue weighted by Crippen LogP contribution is 2.28. The van der Waals surface area contributed by atoms with Gasteiger partial charge in [-0.25, -0.2) is 0 Å². The molecule has 0 fully saturated rings. The highest BCUT2D eigenvalue weighted by molar-refractivity contribution is 5.68. The molecule has 2 aromatic rings. The summed E-state index contributed by atoms with van der Waals surface area (Å²) >= 11 is 0. The average Bonchev–Trinajstić information content (AvgIpc) is 2.75. The van der Waals surface area contributed by atoms with E-state index in [2.05, 4.69) is 18.9 Å². The number of ether oxygens (including phenoxy) is 1. The Morgan fingerprint density at radius 3 is 2.50 bits per heavy atom. The first-order valence-electron chi connectivity index (χ1n) is 7.22. The molecule has 0 saturated heterocycles. The van der Waals surface area contributed by atoms with Crippen molar-refractivity contribution in [1.29, 1.82) is 0 Å². The van der Waals surface area contributed by atoms with Crippen LogP contribution in [0.1, 0.15) is 32.3 Å². The van der Waals surface area contributed by atoms with Crippen molar-refractivity contribution in [2.24, 2.45) is 7.05 Å². The second-order valence-electron chi connectivity index (χ2n) is 4.92. The molecule has 1 aromatic heterocycles. The molecule has 0 amide bonds. The normalized spacial score (nSPS) is 10.8. The van der Waals surface area contributed by atoms with Crippen LogP contribution in [0.2, 0.25) is 0 Å². The van der Waals surface area contributed by atoms with E-state index in [1.54, 1.807) is 4.68 Å². The molecule has 0 aliphatic carbocycles. The molecule has 0 radical (unpaired) electrons. The van der Waals surface area contributed by atoms with Crippen molar-refractivity contribution in [3.05, 3.63) is 29.8 Å². The summed E-state index contributed by atoms with van der Waals surface area (Å²) in [4.78, 5) is 0. The molecule has 0 atom stereocenters. The minimum atomic E-state index is 0.741. The van der Waals surface area contributed by atoms with Gasteiger partial charge in [0.05, 0.1) is 12.3 Å². The Morgan fingerprint density at radius 1 is 1.20 bits per heavy atom. The predicted molar refractivity (Wildman–Crippen MR) is 82.8 cm³/mol. The summed E-state index contributed by atoms with van der Waals surface area (Å²) in [5.41, 5.74) is 9.19. The molecular formula is C16H23N3O. The van der Waals surface area contributed by atoms with Crippen LogP contribution in [0.3, 0.4) is 0 Å². The lowest BCUT2D eigenvalue weighted by Gasteiger charge is -2.06. The number of benzene rings is 1. The maximum absolute atomic E-state index is 6.04. The standard InChI is InChI=1S/C16H23N3O/c1-4-6-11-20-13-9-7-12(8-10-13)15-14(5-2)16(17)19(3)18-15/h7-10H,4-6,11,17H2,1-3H3. The molecule has 0 aliphatic heterocycles. The van der Waals surface area contributed by atoms with Gasteiger partial charge in [-0.05, 0) is 37.1 Å². The Balaban J connectivity index is 2.19. The van der Waals surface area contributed by atoms with E-state index in [1.165, 1.54) is 0 Å². The Morgan fingerprint density at radius 2 is 1.90 bits per heavy atom. The van der Waals surface area contributed by atoms with Gasteiger partial charge in [-0.3, -0.25) is 4.68 Å². The number of unbranched alkanes of at least 4 members (excludes halogenated alkanes) is 1. The number of nitrogens with two attached hydrogens (primary N) is 1. The van der Waals surface area contributed by atoms with Crippen molar-refractivity contribution in [3.8, 4) is 17.0 Å². The number of aromatic nitrogens is 2. The number of rotatable bonds is 6. The Labute approximate surface area is 120 Å². The van der Waals surface area contributed by atoms with Crippen LogP contribution in [0.5, 0.6) is 5.75 Å². The highest BCUT2D eigenvalue weighted by Gasteiger charge is 2.13. The first-order valence-corrected chi connectivity index (χ1v) is 7.22. The minimum absolute atomic E-state index is 0.741. The molecule has 0 saturated carbocycles. The number of nitrogen functional groups attached to an aromatic ring is 1. The molecule has 4 heteroatoms. The Hall–Kier alpha value is -1.97. The van der Waals surface area contributed by atoms with Crippen LogP contribution in [0.15, 0.2) is 24.3 Å². The van der Waals surface area contributed by atoms with E-state index in [1.807, 2.05) is 31.3 Å². The van der Waals surface area contributed by atoms with Crippen molar-refractivity contribution in [3.63, 3.8) is 0 Å². The van der Waals surface area contributed by atoms with Crippen LogP contribution in [0, 0.1) is 0 Å². The first kappa shape index (κ1) is 14.4. The zero-order valence-corrected chi connectivity index (χ0v) is 12.5. The Kier molecular flexibility index (Phi) is 4.66. The summed E-state index contributed by atoms with van der Waals surface area (Å²) in [7, 11) is 1.88. The van der Waals surface area contributed by atoms with Gasteiger partial charge in [0, 0.05) is 18.2 Å². The molecule has 1 heterocycles. The van der Waals surface area contributed by atoms with Crippen molar-refractivity contribution >= 4 is 5.82 Å². The largest absolute Gasteiger partial charge is 0.494 e. The van der Waals surface area contributed by atoms with Gasteiger partial charge < -0.3 is 10.5 Å². The van der Waals surface area contributed by atoms with Gasteiger partial charge in [-0.1, -0.05) is 20.3 Å².